The van der Waals surface area contributed by atoms with Crippen molar-refractivity contribution in [2.45, 2.75) is 19.8 Å². The SMILES string of the molecule is CC(=NOCCCCOc1c(Cl)cc(OCC=C(Cl)Cl)cc1Cl)c1ccc([N+](=O)[O-])cc1. The Kier molecular flexibility index (Phi) is 10.9. The molecule has 0 spiro atoms. The molecule has 0 saturated carbocycles. The molecule has 0 fully saturated rings. The molecule has 0 unspecified atom stereocenters. The smallest absolute Gasteiger partial charge is 0.269 e. The molecule has 0 amide bonds. The van der Waals surface area contributed by atoms with Crippen molar-refractivity contribution in [2.24, 2.45) is 5.16 Å². The van der Waals surface area contributed by atoms with E-state index in [0.717, 1.165) is 5.56 Å². The zero-order chi connectivity index (χ0) is 23.5. The predicted molar refractivity (Wildman–Crippen MR) is 128 cm³/mol. The minimum atomic E-state index is -0.450. The number of non-ortho nitro benzene ring substituents is 1. The van der Waals surface area contributed by atoms with E-state index < -0.39 is 4.92 Å². The molecule has 0 aliphatic rings. The van der Waals surface area contributed by atoms with E-state index in [2.05, 4.69) is 5.16 Å². The largest absolute Gasteiger partial charge is 0.490 e. The lowest BCUT2D eigenvalue weighted by Crippen LogP contribution is -2.02. The minimum Gasteiger partial charge on any atom is -0.490 e. The summed E-state index contributed by atoms with van der Waals surface area (Å²) in [5.74, 6) is 0.840. The molecule has 2 aromatic rings. The maximum absolute atomic E-state index is 10.7. The zero-order valence-electron chi connectivity index (χ0n) is 17.0. The molecule has 0 bridgehead atoms. The monoisotopic (exact) mass is 520 g/mol. The van der Waals surface area contributed by atoms with Gasteiger partial charge in [0, 0.05) is 24.3 Å². The normalized spacial score (nSPS) is 11.1. The summed E-state index contributed by atoms with van der Waals surface area (Å²) in [6.45, 7) is 2.72. The highest BCUT2D eigenvalue weighted by molar-refractivity contribution is 6.55. The molecular weight excluding hydrogens is 502 g/mol. The van der Waals surface area contributed by atoms with Gasteiger partial charge in [-0.2, -0.15) is 0 Å². The van der Waals surface area contributed by atoms with Gasteiger partial charge in [-0.25, -0.2) is 0 Å². The third-order valence-electron chi connectivity index (χ3n) is 4.03. The highest BCUT2D eigenvalue weighted by Gasteiger charge is 2.11. The maximum Gasteiger partial charge on any atom is 0.269 e. The van der Waals surface area contributed by atoms with Crippen LogP contribution >= 0.6 is 46.4 Å². The fraction of sp³-hybridized carbons (Fsp3) is 0.286. The fourth-order valence-electron chi connectivity index (χ4n) is 2.42. The van der Waals surface area contributed by atoms with Crippen LogP contribution in [0.3, 0.4) is 0 Å². The summed E-state index contributed by atoms with van der Waals surface area (Å²) in [6.07, 6.45) is 2.88. The molecular formula is C21H20Cl4N2O5. The number of nitrogens with zero attached hydrogens (tertiary/aromatic N) is 2. The average molecular weight is 522 g/mol. The van der Waals surface area contributed by atoms with Gasteiger partial charge in [-0.05, 0) is 43.5 Å². The third-order valence-corrected chi connectivity index (χ3v) is 4.90. The van der Waals surface area contributed by atoms with E-state index in [1.165, 1.54) is 18.2 Å². The molecule has 0 aliphatic heterocycles. The van der Waals surface area contributed by atoms with Gasteiger partial charge >= 0.3 is 0 Å². The highest BCUT2D eigenvalue weighted by atomic mass is 35.5. The van der Waals surface area contributed by atoms with Crippen LogP contribution < -0.4 is 9.47 Å². The van der Waals surface area contributed by atoms with Gasteiger partial charge in [0.2, 0.25) is 0 Å². The molecule has 7 nitrogen and oxygen atoms in total. The number of benzene rings is 2. The number of hydrogen-bond acceptors (Lipinski definition) is 6. The Morgan fingerprint density at radius 3 is 2.28 bits per heavy atom. The average Bonchev–Trinajstić information content (AvgIpc) is 2.74. The van der Waals surface area contributed by atoms with Gasteiger partial charge in [0.25, 0.3) is 5.69 Å². The first-order valence-electron chi connectivity index (χ1n) is 9.45. The van der Waals surface area contributed by atoms with E-state index in [9.17, 15) is 10.1 Å². The van der Waals surface area contributed by atoms with Crippen LogP contribution in [0, 0.1) is 10.1 Å². The summed E-state index contributed by atoms with van der Waals surface area (Å²) in [4.78, 5) is 15.5. The summed E-state index contributed by atoms with van der Waals surface area (Å²) in [7, 11) is 0. The van der Waals surface area contributed by atoms with E-state index in [1.807, 2.05) is 0 Å². The number of rotatable bonds is 12. The van der Waals surface area contributed by atoms with E-state index in [-0.39, 0.29) is 16.8 Å². The van der Waals surface area contributed by atoms with E-state index in [1.54, 1.807) is 31.2 Å². The van der Waals surface area contributed by atoms with Crippen molar-refractivity contribution in [3.05, 3.63) is 72.7 Å². The quantitative estimate of drug-likeness (QED) is 0.127. The summed E-state index contributed by atoms with van der Waals surface area (Å²) < 4.78 is 11.2. The first kappa shape index (κ1) is 26.1. The number of hydrogen-bond donors (Lipinski definition) is 0. The molecule has 2 aromatic carbocycles. The van der Waals surface area contributed by atoms with Crippen molar-refractivity contribution in [3.8, 4) is 11.5 Å². The Morgan fingerprint density at radius 2 is 1.69 bits per heavy atom. The maximum atomic E-state index is 10.7. The second kappa shape index (κ2) is 13.4. The molecule has 0 heterocycles. The Bertz CT molecular complexity index is 954. The number of unbranched alkanes of at least 4 members (excludes halogenated alkanes) is 1. The van der Waals surface area contributed by atoms with Crippen LogP contribution in [-0.4, -0.2) is 30.5 Å². The van der Waals surface area contributed by atoms with E-state index >= 15 is 0 Å². The number of ether oxygens (including phenoxy) is 2. The van der Waals surface area contributed by atoms with Gasteiger partial charge < -0.3 is 14.3 Å². The molecule has 0 aromatic heterocycles. The van der Waals surface area contributed by atoms with Crippen LogP contribution in [-0.2, 0) is 4.84 Å². The van der Waals surface area contributed by atoms with E-state index in [4.69, 9.17) is 60.7 Å². The number of nitro groups is 1. The van der Waals surface area contributed by atoms with Crippen LogP contribution in [0.4, 0.5) is 5.69 Å². The molecule has 32 heavy (non-hydrogen) atoms. The third kappa shape index (κ3) is 8.74. The number of oxime groups is 1. The van der Waals surface area contributed by atoms with Gasteiger partial charge in [-0.15, -0.1) is 0 Å². The summed E-state index contributed by atoms with van der Waals surface area (Å²) in [5.41, 5.74) is 1.40. The first-order valence-corrected chi connectivity index (χ1v) is 11.0. The topological polar surface area (TPSA) is 83.2 Å². The van der Waals surface area contributed by atoms with Crippen LogP contribution in [0.25, 0.3) is 0 Å². The number of nitro benzene ring substituents is 1. The van der Waals surface area contributed by atoms with Crippen LogP contribution in [0.2, 0.25) is 10.0 Å². The van der Waals surface area contributed by atoms with Crippen molar-refractivity contribution in [1.82, 2.24) is 0 Å². The summed E-state index contributed by atoms with van der Waals surface area (Å²) >= 11 is 23.5. The Labute approximate surface area is 205 Å². The number of halogens is 4. The van der Waals surface area contributed by atoms with Gasteiger partial charge in [0.05, 0.1) is 27.3 Å². The van der Waals surface area contributed by atoms with Gasteiger partial charge in [0.1, 0.15) is 23.5 Å². The Balaban J connectivity index is 1.72. The molecule has 0 atom stereocenters. The molecule has 2 rings (SSSR count). The van der Waals surface area contributed by atoms with Crippen LogP contribution in [0.5, 0.6) is 11.5 Å². The van der Waals surface area contributed by atoms with Gasteiger partial charge in [-0.3, -0.25) is 10.1 Å². The molecule has 0 N–H and O–H groups in total. The second-order valence-electron chi connectivity index (χ2n) is 6.39. The lowest BCUT2D eigenvalue weighted by molar-refractivity contribution is -0.384. The molecule has 0 saturated heterocycles. The molecule has 11 heteroatoms. The molecule has 172 valence electrons. The first-order chi connectivity index (χ1) is 15.3. The van der Waals surface area contributed by atoms with Crippen LogP contribution in [0.1, 0.15) is 25.3 Å². The van der Waals surface area contributed by atoms with Crippen molar-refractivity contribution in [1.29, 1.82) is 0 Å². The van der Waals surface area contributed by atoms with Crippen LogP contribution in [0.15, 0.2) is 52.1 Å². The summed E-state index contributed by atoms with van der Waals surface area (Å²) in [5, 5.41) is 15.4. The fourth-order valence-corrected chi connectivity index (χ4v) is 3.12. The zero-order valence-corrected chi connectivity index (χ0v) is 20.0. The lowest BCUT2D eigenvalue weighted by Gasteiger charge is -2.12. The van der Waals surface area contributed by atoms with Gasteiger partial charge in [-0.1, -0.05) is 51.6 Å². The molecule has 0 radical (unpaired) electrons. The predicted octanol–water partition coefficient (Wildman–Crippen LogP) is 7.20. The van der Waals surface area contributed by atoms with Crippen molar-refractivity contribution < 1.29 is 19.2 Å². The van der Waals surface area contributed by atoms with Crippen molar-refractivity contribution in [3.63, 3.8) is 0 Å². The lowest BCUT2D eigenvalue weighted by atomic mass is 10.1. The second-order valence-corrected chi connectivity index (χ2v) is 8.21. The molecule has 0 aliphatic carbocycles. The van der Waals surface area contributed by atoms with E-state index in [0.29, 0.717) is 53.3 Å². The Morgan fingerprint density at radius 1 is 1.06 bits per heavy atom. The van der Waals surface area contributed by atoms with Gasteiger partial charge in [0.15, 0.2) is 5.75 Å². The van der Waals surface area contributed by atoms with Crippen molar-refractivity contribution >= 4 is 57.8 Å². The minimum absolute atomic E-state index is 0.0261. The van der Waals surface area contributed by atoms with Crippen molar-refractivity contribution in [2.75, 3.05) is 19.8 Å². The standard InChI is InChI=1S/C21H20Cl4N2O5/c1-14(15-4-6-16(7-5-15)27(28)29)26-32-10-3-2-9-31-21-18(22)12-17(13-19(21)23)30-11-8-20(24)25/h4-8,12-13H,2-3,9-11H2,1H3. The summed E-state index contributed by atoms with van der Waals surface area (Å²) in [6, 6.07) is 9.29. The Hall–Kier alpha value is -2.19. The highest BCUT2D eigenvalue weighted by Crippen LogP contribution is 2.37.